The summed E-state index contributed by atoms with van der Waals surface area (Å²) < 4.78 is 35.5. The predicted molar refractivity (Wildman–Crippen MR) is 106 cm³/mol. The largest absolute Gasteiger partial charge is 0.488 e. The molecule has 6 heteroatoms. The van der Waals surface area contributed by atoms with E-state index in [1.807, 2.05) is 29.2 Å². The topological polar surface area (TPSA) is 29.5 Å². The van der Waals surface area contributed by atoms with Crippen LogP contribution in [0.3, 0.4) is 0 Å². The number of hydrogen-bond acceptors (Lipinski definition) is 2. The smallest absolute Gasteiger partial charge is 0.223 e. The van der Waals surface area contributed by atoms with E-state index in [0.29, 0.717) is 24.3 Å². The maximum absolute atomic E-state index is 15.2. The number of piperidine rings is 2. The van der Waals surface area contributed by atoms with Crippen molar-refractivity contribution in [2.24, 2.45) is 0 Å². The van der Waals surface area contributed by atoms with E-state index in [1.165, 1.54) is 6.07 Å². The van der Waals surface area contributed by atoms with E-state index < -0.39 is 17.0 Å². The summed E-state index contributed by atoms with van der Waals surface area (Å²) >= 11 is 6.04. The van der Waals surface area contributed by atoms with Crippen LogP contribution in [0.1, 0.15) is 43.2 Å². The van der Waals surface area contributed by atoms with Gasteiger partial charge in [0.25, 0.3) is 0 Å². The number of benzene rings is 2. The van der Waals surface area contributed by atoms with Crippen LogP contribution in [0.25, 0.3) is 0 Å². The quantitative estimate of drug-likeness (QED) is 0.685. The van der Waals surface area contributed by atoms with E-state index in [4.69, 9.17) is 16.3 Å². The summed E-state index contributed by atoms with van der Waals surface area (Å²) in [4.78, 5) is 14.8. The molecular weight excluding hydrogens is 396 g/mol. The lowest BCUT2D eigenvalue weighted by atomic mass is 9.61. The predicted octanol–water partition coefficient (Wildman–Crippen LogP) is 5.03. The molecule has 29 heavy (non-hydrogen) atoms. The third kappa shape index (κ3) is 2.93. The van der Waals surface area contributed by atoms with Crippen LogP contribution in [0.2, 0.25) is 5.02 Å². The zero-order valence-electron chi connectivity index (χ0n) is 16.0. The van der Waals surface area contributed by atoms with Crippen LogP contribution < -0.4 is 4.74 Å². The highest BCUT2D eigenvalue weighted by molar-refractivity contribution is 6.30. The highest BCUT2D eigenvalue weighted by Crippen LogP contribution is 2.52. The molecule has 0 spiro atoms. The minimum Gasteiger partial charge on any atom is -0.488 e. The Morgan fingerprint density at radius 2 is 1.86 bits per heavy atom. The Hall–Kier alpha value is -2.14. The number of hydrogen-bond donors (Lipinski definition) is 0. The van der Waals surface area contributed by atoms with Gasteiger partial charge in [0.1, 0.15) is 12.4 Å². The van der Waals surface area contributed by atoms with Crippen molar-refractivity contribution < 1.29 is 18.3 Å². The van der Waals surface area contributed by atoms with E-state index in [-0.39, 0.29) is 35.9 Å². The molecule has 2 aromatic carbocycles. The van der Waals surface area contributed by atoms with Crippen LogP contribution >= 0.6 is 11.6 Å². The van der Waals surface area contributed by atoms with E-state index in [9.17, 15) is 9.18 Å². The molecule has 0 radical (unpaired) electrons. The first kappa shape index (κ1) is 18.9. The Balaban J connectivity index is 1.68. The molecule has 0 N–H and O–H groups in total. The summed E-state index contributed by atoms with van der Waals surface area (Å²) in [7, 11) is 0. The maximum atomic E-state index is 15.2. The molecular formula is C23H22ClF2NO2. The van der Waals surface area contributed by atoms with Crippen LogP contribution in [-0.2, 0) is 16.6 Å². The zero-order valence-corrected chi connectivity index (χ0v) is 16.7. The second-order valence-corrected chi connectivity index (χ2v) is 8.84. The van der Waals surface area contributed by atoms with Gasteiger partial charge in [0.2, 0.25) is 5.91 Å². The van der Waals surface area contributed by atoms with Gasteiger partial charge >= 0.3 is 0 Å². The van der Waals surface area contributed by atoms with Gasteiger partial charge < -0.3 is 9.64 Å². The Morgan fingerprint density at radius 3 is 2.66 bits per heavy atom. The van der Waals surface area contributed by atoms with Crippen molar-refractivity contribution in [2.75, 3.05) is 6.61 Å². The molecule has 3 heterocycles. The van der Waals surface area contributed by atoms with Crippen molar-refractivity contribution in [3.05, 3.63) is 64.2 Å². The molecule has 2 aromatic rings. The molecule has 0 unspecified atom stereocenters. The van der Waals surface area contributed by atoms with E-state index in [1.54, 1.807) is 0 Å². The Bertz CT molecular complexity index is 964. The summed E-state index contributed by atoms with van der Waals surface area (Å²) in [5.41, 5.74) is 0.538. The van der Waals surface area contributed by atoms with Gasteiger partial charge in [-0.05, 0) is 61.9 Å². The first-order valence-electron chi connectivity index (χ1n) is 10.2. The van der Waals surface area contributed by atoms with Gasteiger partial charge in [0, 0.05) is 28.5 Å². The SMILES string of the molecule is O=C1CCC[C@@H]2CC[C@@]3(Cc4ccc(Cl)cc4)c4c(F)ccc(F)c4OC[C@H]3N12. The van der Waals surface area contributed by atoms with Crippen LogP contribution in [-0.4, -0.2) is 29.5 Å². The third-order valence-corrected chi connectivity index (χ3v) is 7.13. The fourth-order valence-corrected chi connectivity index (χ4v) is 5.75. The second kappa shape index (κ2) is 6.98. The lowest BCUT2D eigenvalue weighted by Gasteiger charge is -2.57. The lowest BCUT2D eigenvalue weighted by molar-refractivity contribution is -0.148. The van der Waals surface area contributed by atoms with Crippen molar-refractivity contribution >= 4 is 17.5 Å². The molecule has 1 amide bonds. The van der Waals surface area contributed by atoms with Crippen LogP contribution in [0.4, 0.5) is 8.78 Å². The van der Waals surface area contributed by atoms with E-state index in [2.05, 4.69) is 0 Å². The average molecular weight is 418 g/mol. The van der Waals surface area contributed by atoms with Gasteiger partial charge in [-0.3, -0.25) is 4.79 Å². The van der Waals surface area contributed by atoms with Crippen molar-refractivity contribution in [2.45, 2.75) is 56.0 Å². The molecule has 3 aliphatic heterocycles. The molecule has 0 bridgehead atoms. The third-order valence-electron chi connectivity index (χ3n) is 6.88. The molecule has 3 atom stereocenters. The summed E-state index contributed by atoms with van der Waals surface area (Å²) in [6.07, 6.45) is 4.32. The number of fused-ring (bicyclic) bond motifs is 5. The van der Waals surface area contributed by atoms with Gasteiger partial charge in [-0.2, -0.15) is 0 Å². The minimum absolute atomic E-state index is 0.00174. The van der Waals surface area contributed by atoms with Crippen LogP contribution in [0.15, 0.2) is 36.4 Å². The monoisotopic (exact) mass is 417 g/mol. The first-order valence-corrected chi connectivity index (χ1v) is 10.5. The number of carbonyl (C=O) groups is 1. The highest BCUT2D eigenvalue weighted by Gasteiger charge is 2.56. The number of nitrogens with zero attached hydrogens (tertiary/aromatic N) is 1. The number of amides is 1. The minimum atomic E-state index is -0.725. The molecule has 0 aliphatic carbocycles. The summed E-state index contributed by atoms with van der Waals surface area (Å²) in [5.74, 6) is -0.932. The number of rotatable bonds is 2. The number of carbonyl (C=O) groups excluding carboxylic acids is 1. The molecule has 0 aromatic heterocycles. The van der Waals surface area contributed by atoms with Gasteiger partial charge in [-0.15, -0.1) is 0 Å². The molecule has 2 fully saturated rings. The van der Waals surface area contributed by atoms with Gasteiger partial charge in [0.15, 0.2) is 11.6 Å². The van der Waals surface area contributed by atoms with Crippen molar-refractivity contribution in [1.29, 1.82) is 0 Å². The maximum Gasteiger partial charge on any atom is 0.223 e. The van der Waals surface area contributed by atoms with Gasteiger partial charge in [-0.25, -0.2) is 8.78 Å². The molecule has 3 nitrogen and oxygen atoms in total. The Kier molecular flexibility index (Phi) is 4.54. The van der Waals surface area contributed by atoms with Crippen LogP contribution in [0.5, 0.6) is 5.75 Å². The first-order chi connectivity index (χ1) is 14.0. The fourth-order valence-electron chi connectivity index (χ4n) is 5.62. The summed E-state index contributed by atoms with van der Waals surface area (Å²) in [6, 6.07) is 9.59. The number of ether oxygens (including phenoxy) is 1. The molecule has 2 saturated heterocycles. The fraction of sp³-hybridized carbons (Fsp3) is 0.435. The van der Waals surface area contributed by atoms with Crippen molar-refractivity contribution in [3.8, 4) is 5.75 Å². The van der Waals surface area contributed by atoms with E-state index >= 15 is 4.39 Å². The van der Waals surface area contributed by atoms with Gasteiger partial charge in [0.05, 0.1) is 6.04 Å². The lowest BCUT2D eigenvalue weighted by Crippen LogP contribution is -2.66. The highest BCUT2D eigenvalue weighted by atomic mass is 35.5. The van der Waals surface area contributed by atoms with E-state index in [0.717, 1.165) is 30.9 Å². The Morgan fingerprint density at radius 1 is 1.10 bits per heavy atom. The number of halogens is 3. The molecule has 152 valence electrons. The normalized spacial score (nSPS) is 28.2. The van der Waals surface area contributed by atoms with Gasteiger partial charge in [-0.1, -0.05) is 23.7 Å². The second-order valence-electron chi connectivity index (χ2n) is 8.41. The average Bonchev–Trinajstić information content (AvgIpc) is 2.72. The Labute approximate surface area is 173 Å². The summed E-state index contributed by atoms with van der Waals surface area (Å²) in [5, 5.41) is 0.627. The molecule has 3 aliphatic rings. The van der Waals surface area contributed by atoms with Crippen molar-refractivity contribution in [3.63, 3.8) is 0 Å². The van der Waals surface area contributed by atoms with Crippen LogP contribution in [0, 0.1) is 11.6 Å². The standard InChI is InChI=1S/C23H22ClF2NO2/c24-15-6-4-14(5-7-15)12-23-11-10-16-2-1-3-20(28)27(16)19(23)13-29-22-18(26)9-8-17(25)21(22)23/h4-9,16,19H,1-3,10-13H2/t16-,19-,23+/m1/s1. The molecule has 5 rings (SSSR count). The zero-order chi connectivity index (χ0) is 20.2. The summed E-state index contributed by atoms with van der Waals surface area (Å²) in [6.45, 7) is 0.184. The van der Waals surface area contributed by atoms with Crippen molar-refractivity contribution in [1.82, 2.24) is 4.90 Å². The molecule has 0 saturated carbocycles.